The number of anilines is 2. The first-order chi connectivity index (χ1) is 10.1. The van der Waals surface area contributed by atoms with E-state index >= 15 is 0 Å². The highest BCUT2D eigenvalue weighted by molar-refractivity contribution is 6.01. The number of nitrogen functional groups attached to an aromatic ring is 1. The molecule has 106 valence electrons. The number of tetrazole rings is 1. The molecular weight excluding hydrogens is 274 g/mol. The number of H-pyrrole nitrogens is 1. The molecule has 0 radical (unpaired) electrons. The summed E-state index contributed by atoms with van der Waals surface area (Å²) in [5.41, 5.74) is 7.66. The van der Waals surface area contributed by atoms with Crippen LogP contribution in [0.3, 0.4) is 0 Å². The summed E-state index contributed by atoms with van der Waals surface area (Å²) in [6, 6.07) is 5.37. The number of aryl methyl sites for hydroxylation is 1. The van der Waals surface area contributed by atoms with Gasteiger partial charge in [-0.3, -0.25) is 9.89 Å². The number of carbonyl (C=O) groups is 1. The van der Waals surface area contributed by atoms with E-state index in [9.17, 15) is 4.79 Å². The normalized spacial score (nSPS) is 10.5. The molecule has 4 N–H and O–H groups in total. The van der Waals surface area contributed by atoms with Crippen LogP contribution in [0.25, 0.3) is 5.69 Å². The molecule has 21 heavy (non-hydrogen) atoms. The van der Waals surface area contributed by atoms with Crippen molar-refractivity contribution in [1.82, 2.24) is 35.4 Å². The minimum atomic E-state index is -0.439. The van der Waals surface area contributed by atoms with E-state index < -0.39 is 5.91 Å². The van der Waals surface area contributed by atoms with E-state index in [4.69, 9.17) is 5.73 Å². The Morgan fingerprint density at radius 2 is 2.29 bits per heavy atom. The van der Waals surface area contributed by atoms with Gasteiger partial charge in [-0.25, -0.2) is 4.68 Å². The van der Waals surface area contributed by atoms with E-state index in [0.29, 0.717) is 5.69 Å². The highest BCUT2D eigenvalue weighted by atomic mass is 16.2. The maximum atomic E-state index is 12.0. The molecule has 10 heteroatoms. The summed E-state index contributed by atoms with van der Waals surface area (Å²) in [5, 5.41) is 19.7. The zero-order chi connectivity index (χ0) is 14.8. The second kappa shape index (κ2) is 5.00. The largest absolute Gasteiger partial charge is 0.366 e. The molecule has 1 aromatic carbocycles. The fraction of sp³-hybridized carbons (Fsp3) is 0.0909. The third kappa shape index (κ3) is 2.54. The number of nitrogens with one attached hydrogen (secondary N) is 2. The Labute approximate surface area is 118 Å². The molecular formula is C11H11N9O. The van der Waals surface area contributed by atoms with Crippen molar-refractivity contribution >= 4 is 17.5 Å². The van der Waals surface area contributed by atoms with Crippen LogP contribution < -0.4 is 11.1 Å². The lowest BCUT2D eigenvalue weighted by Gasteiger charge is -2.08. The number of carbonyl (C=O) groups excluding carboxylic acids is 1. The van der Waals surface area contributed by atoms with Crippen molar-refractivity contribution in [2.45, 2.75) is 6.92 Å². The first-order valence-electron chi connectivity index (χ1n) is 5.97. The van der Waals surface area contributed by atoms with Gasteiger partial charge in [0.2, 0.25) is 11.8 Å². The molecule has 0 fully saturated rings. The van der Waals surface area contributed by atoms with Crippen LogP contribution in [0, 0.1) is 6.92 Å². The zero-order valence-corrected chi connectivity index (χ0v) is 11.0. The van der Waals surface area contributed by atoms with Crippen molar-refractivity contribution in [2.24, 2.45) is 0 Å². The Balaban J connectivity index is 1.86. The van der Waals surface area contributed by atoms with Gasteiger partial charge in [0.1, 0.15) is 6.33 Å². The molecule has 0 aliphatic rings. The molecule has 0 aliphatic heterocycles. The zero-order valence-electron chi connectivity index (χ0n) is 11.0. The van der Waals surface area contributed by atoms with Gasteiger partial charge in [-0.2, -0.15) is 4.98 Å². The highest BCUT2D eigenvalue weighted by Crippen LogP contribution is 2.18. The standard InChI is InChI=1S/C11H11N9O/c1-6-2-3-7(4-8(6)20-5-13-18-19-20)14-10(21)9-15-11(12)17-16-9/h2-5H,1H3,(H,14,21)(H3,12,15,16,17). The minimum absolute atomic E-state index is 0.0124. The summed E-state index contributed by atoms with van der Waals surface area (Å²) in [5.74, 6) is -0.388. The molecule has 1 amide bonds. The van der Waals surface area contributed by atoms with Crippen LogP contribution in [-0.2, 0) is 0 Å². The highest BCUT2D eigenvalue weighted by Gasteiger charge is 2.12. The number of aromatic nitrogens is 7. The number of amides is 1. The molecule has 0 aliphatic carbocycles. The molecule has 3 rings (SSSR count). The number of hydrogen-bond acceptors (Lipinski definition) is 7. The maximum Gasteiger partial charge on any atom is 0.293 e. The maximum absolute atomic E-state index is 12.0. The van der Waals surface area contributed by atoms with Crippen LogP contribution in [0.4, 0.5) is 11.6 Å². The van der Waals surface area contributed by atoms with Gasteiger partial charge >= 0.3 is 0 Å². The number of rotatable bonds is 3. The first-order valence-corrected chi connectivity index (χ1v) is 5.97. The Bertz CT molecular complexity index is 777. The lowest BCUT2D eigenvalue weighted by molar-refractivity contribution is 0.101. The van der Waals surface area contributed by atoms with Crippen LogP contribution in [0.5, 0.6) is 0 Å². The van der Waals surface area contributed by atoms with Crippen molar-refractivity contribution in [2.75, 3.05) is 11.1 Å². The van der Waals surface area contributed by atoms with Crippen molar-refractivity contribution in [3.05, 3.63) is 35.9 Å². The van der Waals surface area contributed by atoms with Crippen molar-refractivity contribution in [3.8, 4) is 5.69 Å². The van der Waals surface area contributed by atoms with E-state index in [1.165, 1.54) is 11.0 Å². The smallest absolute Gasteiger partial charge is 0.293 e. The first kappa shape index (κ1) is 12.7. The van der Waals surface area contributed by atoms with Crippen LogP contribution in [0.2, 0.25) is 0 Å². The van der Waals surface area contributed by atoms with Gasteiger partial charge in [0, 0.05) is 5.69 Å². The van der Waals surface area contributed by atoms with E-state index in [0.717, 1.165) is 11.3 Å². The third-order valence-corrected chi connectivity index (χ3v) is 2.78. The molecule has 0 atom stereocenters. The van der Waals surface area contributed by atoms with Crippen LogP contribution in [-0.4, -0.2) is 41.3 Å². The lowest BCUT2D eigenvalue weighted by Crippen LogP contribution is -2.14. The van der Waals surface area contributed by atoms with E-state index in [-0.39, 0.29) is 11.8 Å². The van der Waals surface area contributed by atoms with Crippen molar-refractivity contribution < 1.29 is 4.79 Å². The van der Waals surface area contributed by atoms with E-state index in [2.05, 4.69) is 36.0 Å². The van der Waals surface area contributed by atoms with Crippen LogP contribution >= 0.6 is 0 Å². The summed E-state index contributed by atoms with van der Waals surface area (Å²) in [6.07, 6.45) is 1.48. The SMILES string of the molecule is Cc1ccc(NC(=O)c2nc(N)n[nH]2)cc1-n1cnnn1. The molecule has 2 aromatic heterocycles. The number of hydrogen-bond donors (Lipinski definition) is 3. The second-order valence-corrected chi connectivity index (χ2v) is 4.25. The fourth-order valence-electron chi connectivity index (χ4n) is 1.77. The Hall–Kier alpha value is -3.30. The summed E-state index contributed by atoms with van der Waals surface area (Å²) in [4.78, 5) is 15.7. The molecule has 0 saturated carbocycles. The topological polar surface area (TPSA) is 140 Å². The summed E-state index contributed by atoms with van der Waals surface area (Å²) < 4.78 is 1.51. The predicted molar refractivity (Wildman–Crippen MR) is 72.6 cm³/mol. The van der Waals surface area contributed by atoms with Gasteiger partial charge in [-0.15, -0.1) is 10.2 Å². The molecule has 2 heterocycles. The van der Waals surface area contributed by atoms with Gasteiger partial charge in [0.05, 0.1) is 5.69 Å². The summed E-state index contributed by atoms with van der Waals surface area (Å²) in [6.45, 7) is 1.92. The number of nitrogens with zero attached hydrogens (tertiary/aromatic N) is 6. The van der Waals surface area contributed by atoms with Gasteiger partial charge in [0.15, 0.2) is 0 Å². The molecule has 0 bridgehead atoms. The van der Waals surface area contributed by atoms with Gasteiger partial charge in [0.25, 0.3) is 5.91 Å². The van der Waals surface area contributed by atoms with Gasteiger partial charge < -0.3 is 11.1 Å². The minimum Gasteiger partial charge on any atom is -0.366 e. The molecule has 0 spiro atoms. The van der Waals surface area contributed by atoms with Gasteiger partial charge in [-0.1, -0.05) is 6.07 Å². The van der Waals surface area contributed by atoms with Crippen LogP contribution in [0.1, 0.15) is 16.2 Å². The summed E-state index contributed by atoms with van der Waals surface area (Å²) >= 11 is 0. The second-order valence-electron chi connectivity index (χ2n) is 4.25. The Kier molecular flexibility index (Phi) is 3.03. The number of benzene rings is 1. The molecule has 3 aromatic rings. The average Bonchev–Trinajstić information content (AvgIpc) is 3.12. The molecule has 10 nitrogen and oxygen atoms in total. The average molecular weight is 285 g/mol. The van der Waals surface area contributed by atoms with Crippen molar-refractivity contribution in [1.29, 1.82) is 0 Å². The molecule has 0 unspecified atom stereocenters. The van der Waals surface area contributed by atoms with Crippen molar-refractivity contribution in [3.63, 3.8) is 0 Å². The van der Waals surface area contributed by atoms with E-state index in [1.807, 2.05) is 13.0 Å². The van der Waals surface area contributed by atoms with E-state index in [1.54, 1.807) is 12.1 Å². The van der Waals surface area contributed by atoms with Crippen LogP contribution in [0.15, 0.2) is 24.5 Å². The quantitative estimate of drug-likeness (QED) is 0.611. The van der Waals surface area contributed by atoms with Gasteiger partial charge in [-0.05, 0) is 35.0 Å². The third-order valence-electron chi connectivity index (χ3n) is 2.78. The Morgan fingerprint density at radius 1 is 1.43 bits per heavy atom. The monoisotopic (exact) mass is 285 g/mol. The predicted octanol–water partition coefficient (Wildman–Crippen LogP) is -0.0767. The number of nitrogens with two attached hydrogens (primary N) is 1. The Morgan fingerprint density at radius 3 is 2.95 bits per heavy atom. The fourth-order valence-corrected chi connectivity index (χ4v) is 1.77. The number of aromatic amines is 1. The lowest BCUT2D eigenvalue weighted by atomic mass is 10.2. The molecule has 0 saturated heterocycles. The summed E-state index contributed by atoms with van der Waals surface area (Å²) in [7, 11) is 0.